The molecule has 8 nitrogen and oxygen atoms in total. The fraction of sp³-hybridized carbons (Fsp3) is 0.211. The minimum Gasteiger partial charge on any atom is -0.326 e. The summed E-state index contributed by atoms with van der Waals surface area (Å²) in [7, 11) is 0. The number of nitrogens with zero attached hydrogens (tertiary/aromatic N) is 2. The Labute approximate surface area is 166 Å². The quantitative estimate of drug-likeness (QED) is 0.431. The fourth-order valence-electron chi connectivity index (χ4n) is 2.53. The van der Waals surface area contributed by atoms with Gasteiger partial charge in [0.25, 0.3) is 11.6 Å². The van der Waals surface area contributed by atoms with Gasteiger partial charge in [0.15, 0.2) is 0 Å². The molecule has 9 heteroatoms. The highest BCUT2D eigenvalue weighted by Gasteiger charge is 2.15. The molecule has 0 saturated carbocycles. The number of aryl methyl sites for hydroxylation is 2. The molecule has 0 heterocycles. The molecule has 0 aromatic heterocycles. The molecule has 0 aliphatic heterocycles. The molecule has 28 heavy (non-hydrogen) atoms. The maximum absolute atomic E-state index is 12.1. The molecule has 0 aliphatic rings. The second-order valence-corrected chi connectivity index (χ2v) is 6.72. The molecule has 2 N–H and O–H groups in total. The summed E-state index contributed by atoms with van der Waals surface area (Å²) in [4.78, 5) is 34.3. The van der Waals surface area contributed by atoms with Crippen molar-refractivity contribution in [1.29, 1.82) is 0 Å². The molecule has 0 aliphatic carbocycles. The normalized spacial score (nSPS) is 11.1. The third kappa shape index (κ3) is 5.88. The van der Waals surface area contributed by atoms with Crippen LogP contribution >= 0.6 is 11.6 Å². The van der Waals surface area contributed by atoms with Gasteiger partial charge in [-0.15, -0.1) is 0 Å². The summed E-state index contributed by atoms with van der Waals surface area (Å²) in [6.07, 6.45) is -0.00567. The number of anilines is 1. The number of amides is 2. The molecule has 0 saturated heterocycles. The monoisotopic (exact) mass is 402 g/mol. The number of carbonyl (C=O) groups excluding carboxylic acids is 2. The fourth-order valence-corrected chi connectivity index (χ4v) is 2.78. The van der Waals surface area contributed by atoms with Crippen LogP contribution < -0.4 is 10.7 Å². The summed E-state index contributed by atoms with van der Waals surface area (Å²) >= 11 is 5.79. The highest BCUT2D eigenvalue weighted by molar-refractivity contribution is 6.33. The first-order valence-corrected chi connectivity index (χ1v) is 8.69. The van der Waals surface area contributed by atoms with E-state index < -0.39 is 10.8 Å². The van der Waals surface area contributed by atoms with Crippen molar-refractivity contribution in [3.05, 3.63) is 68.2 Å². The van der Waals surface area contributed by atoms with Crippen molar-refractivity contribution in [1.82, 2.24) is 5.43 Å². The van der Waals surface area contributed by atoms with Crippen molar-refractivity contribution in [2.24, 2.45) is 5.10 Å². The van der Waals surface area contributed by atoms with E-state index in [9.17, 15) is 19.7 Å². The van der Waals surface area contributed by atoms with Crippen LogP contribution in [0.1, 0.15) is 34.8 Å². The standard InChI is InChI=1S/C19H19ClN4O4/c1-11-6-12(2)8-15(7-11)21-18(25)9-13(3)22-23-19(26)14-4-5-17(24(27)28)16(20)10-14/h4-8,10H,9H2,1-3H3,(H,21,25)(H,23,26)/b22-13+. The number of benzene rings is 2. The van der Waals surface area contributed by atoms with E-state index in [1.165, 1.54) is 12.1 Å². The van der Waals surface area contributed by atoms with Crippen molar-refractivity contribution >= 4 is 40.5 Å². The van der Waals surface area contributed by atoms with Crippen LogP contribution in [0.3, 0.4) is 0 Å². The Balaban J connectivity index is 1.96. The Morgan fingerprint density at radius 1 is 1.14 bits per heavy atom. The highest BCUT2D eigenvalue weighted by Crippen LogP contribution is 2.24. The lowest BCUT2D eigenvalue weighted by atomic mass is 10.1. The van der Waals surface area contributed by atoms with Gasteiger partial charge in [0.2, 0.25) is 5.91 Å². The minimum atomic E-state index is -0.638. The summed E-state index contributed by atoms with van der Waals surface area (Å²) < 4.78 is 0. The molecule has 2 rings (SSSR count). The molecule has 146 valence electrons. The van der Waals surface area contributed by atoms with E-state index in [0.29, 0.717) is 11.4 Å². The zero-order chi connectivity index (χ0) is 20.8. The maximum atomic E-state index is 12.1. The highest BCUT2D eigenvalue weighted by atomic mass is 35.5. The van der Waals surface area contributed by atoms with Gasteiger partial charge in [0.05, 0.1) is 11.3 Å². The van der Waals surface area contributed by atoms with E-state index in [4.69, 9.17) is 11.6 Å². The molecule has 2 aromatic rings. The molecule has 2 aromatic carbocycles. The van der Waals surface area contributed by atoms with Gasteiger partial charge in [-0.2, -0.15) is 5.10 Å². The van der Waals surface area contributed by atoms with Crippen LogP contribution in [0.15, 0.2) is 41.5 Å². The lowest BCUT2D eigenvalue weighted by Gasteiger charge is -2.08. The minimum absolute atomic E-state index is 0.00567. The number of carbonyl (C=O) groups is 2. The first-order chi connectivity index (χ1) is 13.2. The third-order valence-corrected chi connectivity index (χ3v) is 3.98. The van der Waals surface area contributed by atoms with Crippen molar-refractivity contribution in [3.8, 4) is 0 Å². The summed E-state index contributed by atoms with van der Waals surface area (Å²) in [6, 6.07) is 9.33. The van der Waals surface area contributed by atoms with E-state index in [-0.39, 0.29) is 28.6 Å². The number of hydrogen-bond donors (Lipinski definition) is 2. The Hall–Kier alpha value is -3.26. The zero-order valence-corrected chi connectivity index (χ0v) is 16.3. The predicted molar refractivity (Wildman–Crippen MR) is 108 cm³/mol. The smallest absolute Gasteiger partial charge is 0.287 e. The van der Waals surface area contributed by atoms with Crippen LogP contribution in [-0.4, -0.2) is 22.4 Å². The average Bonchev–Trinajstić information content (AvgIpc) is 2.58. The number of nitro benzene ring substituents is 1. The number of hydrogen-bond acceptors (Lipinski definition) is 5. The molecule has 0 radical (unpaired) electrons. The van der Waals surface area contributed by atoms with Crippen LogP contribution in [0.2, 0.25) is 5.02 Å². The number of hydrazone groups is 1. The Morgan fingerprint density at radius 3 is 2.36 bits per heavy atom. The van der Waals surface area contributed by atoms with E-state index in [1.54, 1.807) is 6.92 Å². The maximum Gasteiger partial charge on any atom is 0.287 e. The van der Waals surface area contributed by atoms with Gasteiger partial charge >= 0.3 is 0 Å². The van der Waals surface area contributed by atoms with E-state index in [2.05, 4.69) is 15.8 Å². The molecule has 0 bridgehead atoms. The summed E-state index contributed by atoms with van der Waals surface area (Å²) in [5.74, 6) is -0.857. The number of rotatable bonds is 6. The topological polar surface area (TPSA) is 114 Å². The Morgan fingerprint density at radius 2 is 1.79 bits per heavy atom. The van der Waals surface area contributed by atoms with Gasteiger partial charge in [-0.25, -0.2) is 5.43 Å². The van der Waals surface area contributed by atoms with Gasteiger partial charge < -0.3 is 5.32 Å². The van der Waals surface area contributed by atoms with Gasteiger partial charge in [0.1, 0.15) is 5.02 Å². The Kier molecular flexibility index (Phi) is 6.84. The SMILES string of the molecule is C/C(CC(=O)Nc1cc(C)cc(C)c1)=N\NC(=O)c1ccc([N+](=O)[O-])c(Cl)c1. The lowest BCUT2D eigenvalue weighted by Crippen LogP contribution is -2.21. The number of nitrogens with one attached hydrogen (secondary N) is 2. The average molecular weight is 403 g/mol. The molecule has 0 spiro atoms. The molecule has 2 amide bonds. The zero-order valence-electron chi connectivity index (χ0n) is 15.6. The molecule has 0 atom stereocenters. The van der Waals surface area contributed by atoms with E-state index in [1.807, 2.05) is 32.0 Å². The van der Waals surface area contributed by atoms with Crippen molar-refractivity contribution in [2.45, 2.75) is 27.2 Å². The summed E-state index contributed by atoms with van der Waals surface area (Å²) in [5, 5.41) is 17.3. The van der Waals surface area contributed by atoms with Crippen LogP contribution in [0.5, 0.6) is 0 Å². The third-order valence-electron chi connectivity index (χ3n) is 3.68. The van der Waals surface area contributed by atoms with Gasteiger partial charge in [-0.1, -0.05) is 17.7 Å². The van der Waals surface area contributed by atoms with E-state index in [0.717, 1.165) is 17.2 Å². The largest absolute Gasteiger partial charge is 0.326 e. The summed E-state index contributed by atoms with van der Waals surface area (Å²) in [6.45, 7) is 5.48. The molecule has 0 fully saturated rings. The van der Waals surface area contributed by atoms with Crippen molar-refractivity contribution in [2.75, 3.05) is 5.32 Å². The van der Waals surface area contributed by atoms with Crippen molar-refractivity contribution < 1.29 is 14.5 Å². The van der Waals surface area contributed by atoms with Gasteiger partial charge in [-0.05, 0) is 56.2 Å². The molecular formula is C19H19ClN4O4. The second kappa shape index (κ2) is 9.09. The van der Waals surface area contributed by atoms with Gasteiger partial charge in [-0.3, -0.25) is 19.7 Å². The predicted octanol–water partition coefficient (Wildman–Crippen LogP) is 4.00. The number of halogens is 1. The summed E-state index contributed by atoms with van der Waals surface area (Å²) in [5.41, 5.74) is 5.29. The second-order valence-electron chi connectivity index (χ2n) is 6.31. The first kappa shape index (κ1) is 21.0. The number of nitro groups is 1. The van der Waals surface area contributed by atoms with Gasteiger partial charge in [0, 0.05) is 23.0 Å². The first-order valence-electron chi connectivity index (χ1n) is 8.31. The van der Waals surface area contributed by atoms with E-state index >= 15 is 0 Å². The molecule has 0 unspecified atom stereocenters. The molecular weight excluding hydrogens is 384 g/mol. The van der Waals surface area contributed by atoms with Crippen molar-refractivity contribution in [3.63, 3.8) is 0 Å². The lowest BCUT2D eigenvalue weighted by molar-refractivity contribution is -0.384. The van der Waals surface area contributed by atoms with Crippen LogP contribution in [0.4, 0.5) is 11.4 Å². The van der Waals surface area contributed by atoms with Crippen LogP contribution in [0.25, 0.3) is 0 Å². The Bertz CT molecular complexity index is 952. The van der Waals surface area contributed by atoms with Crippen LogP contribution in [-0.2, 0) is 4.79 Å². The van der Waals surface area contributed by atoms with Crippen LogP contribution in [0, 0.1) is 24.0 Å².